The Morgan fingerprint density at radius 1 is 1.00 bits per heavy atom. The molecule has 2 N–H and O–H groups in total. The van der Waals surface area contributed by atoms with Gasteiger partial charge in [0.05, 0.1) is 12.3 Å². The number of nitrogens with one attached hydrogen (secondary N) is 2. The van der Waals surface area contributed by atoms with Crippen LogP contribution < -0.4 is 10.6 Å². The van der Waals surface area contributed by atoms with Gasteiger partial charge in [-0.3, -0.25) is 9.59 Å². The summed E-state index contributed by atoms with van der Waals surface area (Å²) in [7, 11) is 1.82. The van der Waals surface area contributed by atoms with Crippen molar-refractivity contribution in [3.63, 3.8) is 0 Å². The molecular weight excluding hydrogens is 398 g/mol. The Balaban J connectivity index is 1.55. The van der Waals surface area contributed by atoms with E-state index in [9.17, 15) is 9.59 Å². The zero-order chi connectivity index (χ0) is 21.7. The van der Waals surface area contributed by atoms with Crippen LogP contribution >= 0.6 is 11.8 Å². The molecule has 2 aromatic carbocycles. The molecule has 0 atom stereocenters. The number of carbonyl (C=O) groups is 2. The number of aryl methyl sites for hydroxylation is 2. The molecule has 0 spiro atoms. The third kappa shape index (κ3) is 5.07. The molecule has 0 aliphatic carbocycles. The fraction of sp³-hybridized carbons (Fsp3) is 0.273. The van der Waals surface area contributed by atoms with Crippen molar-refractivity contribution in [2.45, 2.75) is 32.5 Å². The molecule has 0 bridgehead atoms. The molecule has 7 nitrogen and oxygen atoms in total. The van der Waals surface area contributed by atoms with Crippen molar-refractivity contribution in [1.29, 1.82) is 0 Å². The normalized spacial score (nSPS) is 10.7. The number of amides is 2. The molecule has 30 heavy (non-hydrogen) atoms. The van der Waals surface area contributed by atoms with Crippen LogP contribution in [0.1, 0.15) is 32.9 Å². The third-order valence-electron chi connectivity index (χ3n) is 4.93. The van der Waals surface area contributed by atoms with Crippen LogP contribution in [0, 0.1) is 20.8 Å². The van der Waals surface area contributed by atoms with E-state index in [0.29, 0.717) is 16.5 Å². The van der Waals surface area contributed by atoms with Gasteiger partial charge in [0.1, 0.15) is 0 Å². The van der Waals surface area contributed by atoms with Gasteiger partial charge in [-0.1, -0.05) is 42.1 Å². The van der Waals surface area contributed by atoms with Gasteiger partial charge in [-0.05, 0) is 49.6 Å². The Labute approximate surface area is 180 Å². The number of aromatic nitrogens is 3. The van der Waals surface area contributed by atoms with E-state index in [1.54, 1.807) is 10.6 Å². The van der Waals surface area contributed by atoms with Gasteiger partial charge in [-0.2, -0.15) is 0 Å². The summed E-state index contributed by atoms with van der Waals surface area (Å²) >= 11 is 1.30. The highest BCUT2D eigenvalue weighted by atomic mass is 32.2. The Hall–Kier alpha value is -3.13. The summed E-state index contributed by atoms with van der Waals surface area (Å²) in [5, 5.41) is 14.7. The van der Waals surface area contributed by atoms with Gasteiger partial charge in [0.15, 0.2) is 11.0 Å². The molecule has 0 aliphatic heterocycles. The zero-order valence-electron chi connectivity index (χ0n) is 17.5. The Kier molecular flexibility index (Phi) is 6.89. The molecular formula is C22H25N5O2S. The van der Waals surface area contributed by atoms with E-state index in [1.165, 1.54) is 11.8 Å². The van der Waals surface area contributed by atoms with E-state index in [4.69, 9.17) is 0 Å². The predicted octanol–water partition coefficient (Wildman–Crippen LogP) is 3.40. The summed E-state index contributed by atoms with van der Waals surface area (Å²) in [6, 6.07) is 13.2. The van der Waals surface area contributed by atoms with Gasteiger partial charge in [-0.25, -0.2) is 0 Å². The van der Waals surface area contributed by atoms with Gasteiger partial charge < -0.3 is 15.2 Å². The largest absolute Gasteiger partial charge is 0.345 e. The van der Waals surface area contributed by atoms with Crippen molar-refractivity contribution in [3.8, 4) is 0 Å². The number of nitrogens with zero attached hydrogens (tertiary/aromatic N) is 3. The molecule has 0 aliphatic rings. The van der Waals surface area contributed by atoms with Crippen molar-refractivity contribution in [1.82, 2.24) is 20.1 Å². The molecule has 1 heterocycles. The minimum Gasteiger partial charge on any atom is -0.345 e. The second-order valence-electron chi connectivity index (χ2n) is 7.04. The van der Waals surface area contributed by atoms with E-state index in [-0.39, 0.29) is 24.1 Å². The molecule has 0 unspecified atom stereocenters. The topological polar surface area (TPSA) is 88.9 Å². The second kappa shape index (κ2) is 9.58. The van der Waals surface area contributed by atoms with Crippen molar-refractivity contribution >= 4 is 29.3 Å². The maximum Gasteiger partial charge on any atom is 0.251 e. The summed E-state index contributed by atoms with van der Waals surface area (Å²) in [4.78, 5) is 24.7. The molecule has 0 radical (unpaired) electrons. The van der Waals surface area contributed by atoms with E-state index >= 15 is 0 Å². The van der Waals surface area contributed by atoms with Crippen LogP contribution in [0.4, 0.5) is 5.69 Å². The summed E-state index contributed by atoms with van der Waals surface area (Å²) in [5.41, 5.74) is 4.56. The minimum absolute atomic E-state index is 0.105. The van der Waals surface area contributed by atoms with Crippen LogP contribution in [-0.4, -0.2) is 32.3 Å². The summed E-state index contributed by atoms with van der Waals surface area (Å²) < 4.78 is 1.79. The lowest BCUT2D eigenvalue weighted by atomic mass is 10.1. The van der Waals surface area contributed by atoms with Gasteiger partial charge >= 0.3 is 0 Å². The van der Waals surface area contributed by atoms with E-state index in [2.05, 4.69) is 20.8 Å². The van der Waals surface area contributed by atoms with Gasteiger partial charge in [0.2, 0.25) is 5.91 Å². The Morgan fingerprint density at radius 2 is 1.73 bits per heavy atom. The summed E-state index contributed by atoms with van der Waals surface area (Å²) in [6.07, 6.45) is 0. The van der Waals surface area contributed by atoms with E-state index in [1.807, 2.05) is 64.2 Å². The fourth-order valence-electron chi connectivity index (χ4n) is 2.91. The first-order chi connectivity index (χ1) is 14.4. The van der Waals surface area contributed by atoms with Gasteiger partial charge in [0, 0.05) is 18.3 Å². The quantitative estimate of drug-likeness (QED) is 0.569. The smallest absolute Gasteiger partial charge is 0.251 e. The third-order valence-corrected chi connectivity index (χ3v) is 5.95. The first-order valence-electron chi connectivity index (χ1n) is 9.57. The molecule has 8 heteroatoms. The lowest BCUT2D eigenvalue weighted by molar-refractivity contribution is -0.113. The Bertz CT molecular complexity index is 1080. The van der Waals surface area contributed by atoms with Crippen LogP contribution in [0.15, 0.2) is 47.6 Å². The Morgan fingerprint density at radius 3 is 2.50 bits per heavy atom. The predicted molar refractivity (Wildman–Crippen MR) is 119 cm³/mol. The lowest BCUT2D eigenvalue weighted by Crippen LogP contribution is -2.25. The van der Waals surface area contributed by atoms with Crippen molar-refractivity contribution in [3.05, 3.63) is 70.5 Å². The minimum atomic E-state index is -0.154. The average Bonchev–Trinajstić information content (AvgIpc) is 3.08. The fourth-order valence-corrected chi connectivity index (χ4v) is 3.64. The monoisotopic (exact) mass is 423 g/mol. The van der Waals surface area contributed by atoms with Crippen LogP contribution in [-0.2, 0) is 18.4 Å². The van der Waals surface area contributed by atoms with Crippen LogP contribution in [0.25, 0.3) is 0 Å². The maximum absolute atomic E-state index is 12.4. The molecule has 3 rings (SSSR count). The second-order valence-corrected chi connectivity index (χ2v) is 7.98. The highest BCUT2D eigenvalue weighted by Gasteiger charge is 2.14. The molecule has 0 saturated carbocycles. The number of rotatable bonds is 7. The van der Waals surface area contributed by atoms with E-state index in [0.717, 1.165) is 22.4 Å². The number of hydrogen-bond donors (Lipinski definition) is 2. The first-order valence-corrected chi connectivity index (χ1v) is 10.6. The highest BCUT2D eigenvalue weighted by molar-refractivity contribution is 7.99. The van der Waals surface area contributed by atoms with Gasteiger partial charge in [-0.15, -0.1) is 10.2 Å². The number of anilines is 1. The SMILES string of the molecule is Cc1ccccc1C(=O)NCc1nnc(SCC(=O)Nc2cccc(C)c2C)n1C. The van der Waals surface area contributed by atoms with Crippen LogP contribution in [0.3, 0.4) is 0 Å². The van der Waals surface area contributed by atoms with Crippen molar-refractivity contribution in [2.75, 3.05) is 11.1 Å². The van der Waals surface area contributed by atoms with Gasteiger partial charge in [0.25, 0.3) is 5.91 Å². The molecule has 0 saturated heterocycles. The van der Waals surface area contributed by atoms with Crippen LogP contribution in [0.2, 0.25) is 0 Å². The standard InChI is InChI=1S/C22H25N5O2S/c1-14-9-7-11-18(16(14)3)24-20(28)13-30-22-26-25-19(27(22)4)12-23-21(29)17-10-6-5-8-15(17)2/h5-11H,12-13H2,1-4H3,(H,23,29)(H,24,28). The van der Waals surface area contributed by atoms with E-state index < -0.39 is 0 Å². The van der Waals surface area contributed by atoms with Crippen molar-refractivity contribution < 1.29 is 9.59 Å². The maximum atomic E-state index is 12.4. The molecule has 2 amide bonds. The molecule has 0 fully saturated rings. The molecule has 3 aromatic rings. The molecule has 1 aromatic heterocycles. The summed E-state index contributed by atoms with van der Waals surface area (Å²) in [6.45, 7) is 6.15. The highest BCUT2D eigenvalue weighted by Crippen LogP contribution is 2.20. The van der Waals surface area contributed by atoms with Crippen molar-refractivity contribution in [2.24, 2.45) is 7.05 Å². The summed E-state index contributed by atoms with van der Waals surface area (Å²) in [5.74, 6) is 0.577. The number of carbonyl (C=O) groups excluding carboxylic acids is 2. The average molecular weight is 424 g/mol. The van der Waals surface area contributed by atoms with Crippen LogP contribution in [0.5, 0.6) is 0 Å². The zero-order valence-corrected chi connectivity index (χ0v) is 18.3. The number of thioether (sulfide) groups is 1. The number of benzene rings is 2. The lowest BCUT2D eigenvalue weighted by Gasteiger charge is -2.10. The first kappa shape index (κ1) is 21.6. The number of hydrogen-bond acceptors (Lipinski definition) is 5. The molecule has 156 valence electrons.